The number of carboxylic acids is 1. The van der Waals surface area contributed by atoms with Gasteiger partial charge in [-0.15, -0.1) is 0 Å². The number of carbonyl (C=O) groups excluding carboxylic acids is 2. The summed E-state index contributed by atoms with van der Waals surface area (Å²) in [5.41, 5.74) is 1.30. The van der Waals surface area contributed by atoms with Crippen molar-refractivity contribution in [1.82, 2.24) is 9.97 Å². The normalized spacial score (nSPS) is 10.5. The van der Waals surface area contributed by atoms with Gasteiger partial charge in [-0.2, -0.15) is 0 Å². The minimum Gasteiger partial charge on any atom is -0.548 e. The molecule has 0 saturated heterocycles. The maximum Gasteiger partial charge on any atom is 0.323 e. The van der Waals surface area contributed by atoms with Crippen molar-refractivity contribution in [3.8, 4) is 0 Å². The second kappa shape index (κ2) is 5.36. The fourth-order valence-electron chi connectivity index (χ4n) is 1.53. The minimum absolute atomic E-state index is 0.337. The number of aromatic amines is 2. The molecular formula is C11H10N3O5-. The van der Waals surface area contributed by atoms with Crippen LogP contribution in [0.2, 0.25) is 0 Å². The molecule has 100 valence electrons. The standard InChI is InChI=1S/C11H11N3O5/c15-9(4-19-5-10(16)17)12-6-1-2-7-8(3-6)14-11(18)13-7/h1-3H,4-5H2,(H,12,15)(H,16,17)(H2,13,14,18)/p-1. The van der Waals surface area contributed by atoms with Crippen molar-refractivity contribution >= 4 is 28.6 Å². The Morgan fingerprint density at radius 3 is 2.68 bits per heavy atom. The molecule has 2 rings (SSSR count). The average Bonchev–Trinajstić information content (AvgIpc) is 2.67. The number of carbonyl (C=O) groups is 2. The third-order valence-corrected chi connectivity index (χ3v) is 2.25. The van der Waals surface area contributed by atoms with Crippen molar-refractivity contribution in [1.29, 1.82) is 0 Å². The van der Waals surface area contributed by atoms with Crippen molar-refractivity contribution in [2.75, 3.05) is 18.5 Å². The molecule has 8 heteroatoms. The van der Waals surface area contributed by atoms with Gasteiger partial charge in [0, 0.05) is 5.69 Å². The fourth-order valence-corrected chi connectivity index (χ4v) is 1.53. The van der Waals surface area contributed by atoms with Crippen molar-refractivity contribution < 1.29 is 19.4 Å². The topological polar surface area (TPSA) is 127 Å². The van der Waals surface area contributed by atoms with Gasteiger partial charge in [0.15, 0.2) is 0 Å². The van der Waals surface area contributed by atoms with Gasteiger partial charge in [0.2, 0.25) is 5.91 Å². The number of hydrogen-bond acceptors (Lipinski definition) is 5. The Kier molecular flexibility index (Phi) is 3.62. The Balaban J connectivity index is 1.98. The van der Waals surface area contributed by atoms with E-state index in [1.807, 2.05) is 0 Å². The van der Waals surface area contributed by atoms with Crippen LogP contribution in [0.1, 0.15) is 0 Å². The van der Waals surface area contributed by atoms with Crippen LogP contribution in [0, 0.1) is 0 Å². The highest BCUT2D eigenvalue weighted by Crippen LogP contribution is 2.14. The lowest BCUT2D eigenvalue weighted by molar-refractivity contribution is -0.309. The molecule has 0 saturated carbocycles. The number of aromatic nitrogens is 2. The maximum atomic E-state index is 11.4. The first-order valence-corrected chi connectivity index (χ1v) is 5.34. The zero-order valence-electron chi connectivity index (χ0n) is 9.69. The Morgan fingerprint density at radius 2 is 1.95 bits per heavy atom. The summed E-state index contributed by atoms with van der Waals surface area (Å²) in [6.07, 6.45) is 0. The number of fused-ring (bicyclic) bond motifs is 1. The van der Waals surface area contributed by atoms with Gasteiger partial charge in [-0.1, -0.05) is 0 Å². The van der Waals surface area contributed by atoms with Gasteiger partial charge in [-0.3, -0.25) is 4.79 Å². The van der Waals surface area contributed by atoms with Crippen LogP contribution < -0.4 is 16.1 Å². The highest BCUT2D eigenvalue weighted by molar-refractivity contribution is 5.93. The predicted molar refractivity (Wildman–Crippen MR) is 63.4 cm³/mol. The first-order chi connectivity index (χ1) is 9.04. The van der Waals surface area contributed by atoms with Crippen LogP contribution in [0.4, 0.5) is 5.69 Å². The number of H-pyrrole nitrogens is 2. The van der Waals surface area contributed by atoms with Crippen molar-refractivity contribution in [3.05, 3.63) is 28.7 Å². The summed E-state index contributed by atoms with van der Waals surface area (Å²) in [5, 5.41) is 12.6. The van der Waals surface area contributed by atoms with E-state index < -0.39 is 25.1 Å². The van der Waals surface area contributed by atoms with E-state index >= 15 is 0 Å². The van der Waals surface area contributed by atoms with Gasteiger partial charge in [-0.25, -0.2) is 4.79 Å². The molecule has 0 spiro atoms. The number of ether oxygens (including phenoxy) is 1. The number of rotatable bonds is 5. The SMILES string of the molecule is O=C([O-])COCC(=O)Nc1ccc2[nH]c(=O)[nH]c2c1. The highest BCUT2D eigenvalue weighted by atomic mass is 16.5. The molecule has 0 bridgehead atoms. The molecule has 0 atom stereocenters. The van der Waals surface area contributed by atoms with Gasteiger partial charge in [0.1, 0.15) is 6.61 Å². The van der Waals surface area contributed by atoms with Crippen LogP contribution in [-0.2, 0) is 14.3 Å². The molecule has 1 amide bonds. The molecular weight excluding hydrogens is 254 g/mol. The van der Waals surface area contributed by atoms with E-state index in [0.717, 1.165) is 0 Å². The summed E-state index contributed by atoms with van der Waals surface area (Å²) in [7, 11) is 0. The molecule has 0 radical (unpaired) electrons. The molecule has 0 aliphatic rings. The maximum absolute atomic E-state index is 11.4. The quantitative estimate of drug-likeness (QED) is 0.609. The van der Waals surface area contributed by atoms with Gasteiger partial charge >= 0.3 is 5.69 Å². The van der Waals surface area contributed by atoms with E-state index in [4.69, 9.17) is 0 Å². The van der Waals surface area contributed by atoms with Gasteiger partial charge < -0.3 is 29.9 Å². The lowest BCUT2D eigenvalue weighted by Gasteiger charge is -2.06. The average molecular weight is 264 g/mol. The van der Waals surface area contributed by atoms with Crippen molar-refractivity contribution in [3.63, 3.8) is 0 Å². The highest BCUT2D eigenvalue weighted by Gasteiger charge is 2.04. The van der Waals surface area contributed by atoms with Crippen LogP contribution >= 0.6 is 0 Å². The van der Waals surface area contributed by atoms with E-state index in [9.17, 15) is 19.5 Å². The number of anilines is 1. The van der Waals surface area contributed by atoms with Gasteiger partial charge in [0.05, 0.1) is 23.6 Å². The summed E-state index contributed by atoms with van der Waals surface area (Å²) in [6, 6.07) is 4.80. The van der Waals surface area contributed by atoms with E-state index in [-0.39, 0.29) is 5.69 Å². The zero-order chi connectivity index (χ0) is 13.8. The Hall–Kier alpha value is -2.61. The number of carboxylic acid groups (broad SMARTS) is 1. The van der Waals surface area contributed by atoms with Crippen molar-refractivity contribution in [2.24, 2.45) is 0 Å². The Labute approximate surface area is 106 Å². The third-order valence-electron chi connectivity index (χ3n) is 2.25. The number of hydrogen-bond donors (Lipinski definition) is 3. The van der Waals surface area contributed by atoms with Crippen LogP contribution in [0.3, 0.4) is 0 Å². The summed E-state index contributed by atoms with van der Waals surface area (Å²) >= 11 is 0. The van der Waals surface area contributed by atoms with Crippen LogP contribution in [0.5, 0.6) is 0 Å². The molecule has 0 fully saturated rings. The fraction of sp³-hybridized carbons (Fsp3) is 0.182. The largest absolute Gasteiger partial charge is 0.548 e. The van der Waals surface area contributed by atoms with Crippen LogP contribution in [0.25, 0.3) is 11.0 Å². The first kappa shape index (κ1) is 12.8. The van der Waals surface area contributed by atoms with E-state index in [1.165, 1.54) is 0 Å². The zero-order valence-corrected chi connectivity index (χ0v) is 9.69. The second-order valence-corrected chi connectivity index (χ2v) is 3.75. The first-order valence-electron chi connectivity index (χ1n) is 5.34. The summed E-state index contributed by atoms with van der Waals surface area (Å²) < 4.78 is 4.58. The van der Waals surface area contributed by atoms with Gasteiger partial charge in [-0.05, 0) is 18.2 Å². The number of benzene rings is 1. The molecule has 2 aromatic rings. The van der Waals surface area contributed by atoms with Crippen molar-refractivity contribution in [2.45, 2.75) is 0 Å². The second-order valence-electron chi connectivity index (χ2n) is 3.75. The molecule has 19 heavy (non-hydrogen) atoms. The van der Waals surface area contributed by atoms with Crippen LogP contribution in [-0.4, -0.2) is 35.1 Å². The van der Waals surface area contributed by atoms with Crippen LogP contribution in [0.15, 0.2) is 23.0 Å². The van der Waals surface area contributed by atoms with E-state index in [0.29, 0.717) is 16.7 Å². The summed E-state index contributed by atoms with van der Waals surface area (Å²) in [4.78, 5) is 37.7. The summed E-state index contributed by atoms with van der Waals surface area (Å²) in [6.45, 7) is -1.03. The monoisotopic (exact) mass is 264 g/mol. The lowest BCUT2D eigenvalue weighted by Crippen LogP contribution is -2.29. The Bertz CT molecular complexity index is 672. The number of amides is 1. The third kappa shape index (κ3) is 3.42. The number of nitrogens with one attached hydrogen (secondary N) is 3. The minimum atomic E-state index is -1.39. The molecule has 1 aromatic heterocycles. The predicted octanol–water partition coefficient (Wildman–Crippen LogP) is -1.44. The Morgan fingerprint density at radius 1 is 1.21 bits per heavy atom. The van der Waals surface area contributed by atoms with Gasteiger partial charge in [0.25, 0.3) is 0 Å². The summed E-state index contributed by atoms with van der Waals surface area (Å²) in [5.74, 6) is -1.89. The molecule has 8 nitrogen and oxygen atoms in total. The molecule has 1 aromatic carbocycles. The molecule has 0 aliphatic heterocycles. The van der Waals surface area contributed by atoms with E-state index in [2.05, 4.69) is 20.0 Å². The number of aliphatic carboxylic acids is 1. The lowest BCUT2D eigenvalue weighted by atomic mass is 10.3. The molecule has 0 aliphatic carbocycles. The number of imidazole rings is 1. The smallest absolute Gasteiger partial charge is 0.323 e. The van der Waals surface area contributed by atoms with E-state index in [1.54, 1.807) is 18.2 Å². The molecule has 3 N–H and O–H groups in total. The molecule has 1 heterocycles. The molecule has 0 unspecified atom stereocenters.